The van der Waals surface area contributed by atoms with Crippen LogP contribution < -0.4 is 5.32 Å². The zero-order valence-electron chi connectivity index (χ0n) is 13.1. The van der Waals surface area contributed by atoms with Gasteiger partial charge in [0.2, 0.25) is 0 Å². The Morgan fingerprint density at radius 3 is 2.24 bits per heavy atom. The molecule has 0 spiro atoms. The van der Waals surface area contributed by atoms with Gasteiger partial charge >= 0.3 is 0 Å². The van der Waals surface area contributed by atoms with Gasteiger partial charge in [0, 0.05) is 20.3 Å². The summed E-state index contributed by atoms with van der Waals surface area (Å²) in [6.07, 6.45) is 9.01. The quantitative estimate of drug-likeness (QED) is 0.720. The third-order valence-electron chi connectivity index (χ3n) is 6.20. The van der Waals surface area contributed by atoms with Crippen LogP contribution in [0.1, 0.15) is 61.2 Å². The highest BCUT2D eigenvalue weighted by Gasteiger charge is 2.54. The van der Waals surface area contributed by atoms with Crippen LogP contribution in [0.2, 0.25) is 0 Å². The molecule has 5 rings (SSSR count). The maximum atomic E-state index is 3.89. The molecule has 4 aliphatic carbocycles. The number of halogens is 1. The van der Waals surface area contributed by atoms with Crippen LogP contribution in [0.3, 0.4) is 0 Å². The Labute approximate surface area is 141 Å². The zero-order valence-corrected chi connectivity index (χ0v) is 15.5. The number of hydrogen-bond donors (Lipinski definition) is 1. The second-order valence-corrected chi connectivity index (χ2v) is 9.98. The van der Waals surface area contributed by atoms with Crippen LogP contribution in [0.5, 0.6) is 0 Å². The van der Waals surface area contributed by atoms with Gasteiger partial charge in [0.25, 0.3) is 0 Å². The molecule has 0 amide bonds. The van der Waals surface area contributed by atoms with Gasteiger partial charge in [-0.15, -0.1) is 11.3 Å². The van der Waals surface area contributed by atoms with Gasteiger partial charge in [0.1, 0.15) is 0 Å². The molecule has 1 N–H and O–H groups in total. The average molecular weight is 368 g/mol. The third kappa shape index (κ3) is 2.44. The van der Waals surface area contributed by atoms with Gasteiger partial charge < -0.3 is 5.32 Å². The Morgan fingerprint density at radius 1 is 1.24 bits per heavy atom. The molecule has 1 heterocycles. The minimum Gasteiger partial charge on any atom is -0.309 e. The predicted molar refractivity (Wildman–Crippen MR) is 93.8 cm³/mol. The van der Waals surface area contributed by atoms with Crippen molar-refractivity contribution in [3.05, 3.63) is 20.3 Å². The maximum Gasteiger partial charge on any atom is 0.0483 e. The molecule has 4 bridgehead atoms. The summed E-state index contributed by atoms with van der Waals surface area (Å²) in [5, 5.41) is 3.89. The van der Waals surface area contributed by atoms with Crippen LogP contribution >= 0.6 is 27.3 Å². The molecule has 1 unspecified atom stereocenters. The fourth-order valence-electron chi connectivity index (χ4n) is 6.02. The lowest BCUT2D eigenvalue weighted by molar-refractivity contribution is -0.0740. The largest absolute Gasteiger partial charge is 0.309 e. The summed E-state index contributed by atoms with van der Waals surface area (Å²) in [5.74, 6) is 3.08. The molecule has 4 aliphatic rings. The fourth-order valence-corrected chi connectivity index (χ4v) is 8.12. The minimum atomic E-state index is 0.546. The van der Waals surface area contributed by atoms with Gasteiger partial charge in [-0.05, 0) is 97.2 Å². The van der Waals surface area contributed by atoms with Crippen LogP contribution in [0.25, 0.3) is 0 Å². The Morgan fingerprint density at radius 2 is 1.81 bits per heavy atom. The van der Waals surface area contributed by atoms with Crippen molar-refractivity contribution in [1.82, 2.24) is 5.32 Å². The molecule has 4 fully saturated rings. The summed E-state index contributed by atoms with van der Waals surface area (Å²) >= 11 is 5.84. The first-order chi connectivity index (χ1) is 10.1. The molecule has 0 radical (unpaired) electrons. The maximum absolute atomic E-state index is 3.89. The van der Waals surface area contributed by atoms with Crippen molar-refractivity contribution in [1.29, 1.82) is 0 Å². The van der Waals surface area contributed by atoms with Crippen molar-refractivity contribution in [3.63, 3.8) is 0 Å². The number of nitrogens with one attached hydrogen (secondary N) is 1. The first-order valence-corrected chi connectivity index (χ1v) is 10.2. The third-order valence-corrected chi connectivity index (χ3v) is 8.24. The van der Waals surface area contributed by atoms with Crippen molar-refractivity contribution >= 4 is 27.3 Å². The summed E-state index contributed by atoms with van der Waals surface area (Å²) in [6, 6.07) is 2.88. The van der Waals surface area contributed by atoms with E-state index in [1.54, 1.807) is 4.88 Å². The van der Waals surface area contributed by atoms with Gasteiger partial charge in [0.15, 0.2) is 0 Å². The van der Waals surface area contributed by atoms with E-state index < -0.39 is 0 Å². The van der Waals surface area contributed by atoms with E-state index in [4.69, 9.17) is 0 Å². The molecule has 1 nitrogen and oxygen atoms in total. The van der Waals surface area contributed by atoms with Gasteiger partial charge in [0.05, 0.1) is 0 Å². The lowest BCUT2D eigenvalue weighted by Gasteiger charge is -2.59. The first-order valence-electron chi connectivity index (χ1n) is 8.59. The van der Waals surface area contributed by atoms with Gasteiger partial charge in [-0.3, -0.25) is 0 Å². The lowest BCUT2D eigenvalue weighted by Crippen LogP contribution is -2.51. The highest BCUT2D eigenvalue weighted by molar-refractivity contribution is 9.10. The molecule has 1 aromatic rings. The molecule has 0 aromatic carbocycles. The standard InChI is InChI=1S/C18H26BrNS/c1-3-20-17(16-15(19)4-11(2)21-16)18-8-12-5-13(9-18)7-14(6-12)10-18/h4,12-14,17,20H,3,5-10H2,1-2H3. The van der Waals surface area contributed by atoms with E-state index in [-0.39, 0.29) is 0 Å². The van der Waals surface area contributed by atoms with E-state index in [1.807, 2.05) is 11.3 Å². The molecule has 1 aromatic heterocycles. The Hall–Kier alpha value is 0.140. The molecule has 3 heteroatoms. The van der Waals surface area contributed by atoms with Crippen molar-refractivity contribution in [2.24, 2.45) is 23.2 Å². The highest BCUT2D eigenvalue weighted by atomic mass is 79.9. The molecular formula is C18H26BrNS. The number of hydrogen-bond acceptors (Lipinski definition) is 2. The Balaban J connectivity index is 1.72. The summed E-state index contributed by atoms with van der Waals surface area (Å²) in [5.41, 5.74) is 0.546. The average Bonchev–Trinajstić information content (AvgIpc) is 2.73. The zero-order chi connectivity index (χ0) is 14.6. The molecule has 21 heavy (non-hydrogen) atoms. The van der Waals surface area contributed by atoms with Crippen LogP contribution in [-0.4, -0.2) is 6.54 Å². The van der Waals surface area contributed by atoms with Crippen LogP contribution in [0, 0.1) is 30.1 Å². The summed E-state index contributed by atoms with van der Waals surface area (Å²) in [7, 11) is 0. The van der Waals surface area contributed by atoms with Crippen molar-refractivity contribution in [2.45, 2.75) is 58.4 Å². The molecular weight excluding hydrogens is 342 g/mol. The normalized spacial score (nSPS) is 38.9. The first kappa shape index (κ1) is 14.7. The molecule has 0 aliphatic heterocycles. The lowest BCUT2D eigenvalue weighted by atomic mass is 9.47. The second-order valence-electron chi connectivity index (χ2n) is 7.84. The highest BCUT2D eigenvalue weighted by Crippen LogP contribution is 2.64. The number of thiophene rings is 1. The van der Waals surface area contributed by atoms with Crippen LogP contribution in [0.15, 0.2) is 10.5 Å². The molecule has 116 valence electrons. The van der Waals surface area contributed by atoms with Crippen LogP contribution in [-0.2, 0) is 0 Å². The molecule has 4 saturated carbocycles. The van der Waals surface area contributed by atoms with Gasteiger partial charge in [-0.25, -0.2) is 0 Å². The van der Waals surface area contributed by atoms with Crippen LogP contribution in [0.4, 0.5) is 0 Å². The monoisotopic (exact) mass is 367 g/mol. The van der Waals surface area contributed by atoms with E-state index in [0.717, 1.165) is 24.3 Å². The topological polar surface area (TPSA) is 12.0 Å². The SMILES string of the molecule is CCNC(c1sc(C)cc1Br)C12CC3CC(CC(C3)C1)C2. The van der Waals surface area contributed by atoms with E-state index >= 15 is 0 Å². The van der Waals surface area contributed by atoms with Gasteiger partial charge in [-0.1, -0.05) is 6.92 Å². The van der Waals surface area contributed by atoms with E-state index in [2.05, 4.69) is 41.2 Å². The summed E-state index contributed by atoms with van der Waals surface area (Å²) in [4.78, 5) is 3.00. The van der Waals surface area contributed by atoms with Crippen molar-refractivity contribution < 1.29 is 0 Å². The summed E-state index contributed by atoms with van der Waals surface area (Å²) in [6.45, 7) is 5.58. The molecule has 0 saturated heterocycles. The van der Waals surface area contributed by atoms with Gasteiger partial charge in [-0.2, -0.15) is 0 Å². The number of rotatable bonds is 4. The predicted octanol–water partition coefficient (Wildman–Crippen LogP) is 5.69. The van der Waals surface area contributed by atoms with Crippen molar-refractivity contribution in [2.75, 3.05) is 6.54 Å². The van der Waals surface area contributed by atoms with E-state index in [1.165, 1.54) is 47.9 Å². The van der Waals surface area contributed by atoms with Crippen molar-refractivity contribution in [3.8, 4) is 0 Å². The number of aryl methyl sites for hydroxylation is 1. The molecule has 1 atom stereocenters. The Kier molecular flexibility index (Phi) is 3.75. The minimum absolute atomic E-state index is 0.546. The second kappa shape index (κ2) is 5.35. The summed E-state index contributed by atoms with van der Waals surface area (Å²) < 4.78 is 1.34. The smallest absolute Gasteiger partial charge is 0.0483 e. The van der Waals surface area contributed by atoms with E-state index in [9.17, 15) is 0 Å². The Bertz CT molecular complexity index is 500. The van der Waals surface area contributed by atoms with E-state index in [0.29, 0.717) is 11.5 Å². The fraction of sp³-hybridized carbons (Fsp3) is 0.778.